The Morgan fingerprint density at radius 1 is 1.23 bits per heavy atom. The number of alkyl halides is 2. The van der Waals surface area contributed by atoms with Gasteiger partial charge in [0.15, 0.2) is 0 Å². The molecule has 1 unspecified atom stereocenters. The molecule has 1 heterocycles. The Balaban J connectivity index is 1.76. The number of benzene rings is 2. The quantitative estimate of drug-likeness (QED) is 0.503. The van der Waals surface area contributed by atoms with E-state index in [1.807, 2.05) is 0 Å². The Kier molecular flexibility index (Phi) is 6.27. The van der Waals surface area contributed by atoms with E-state index >= 15 is 0 Å². The van der Waals surface area contributed by atoms with Crippen LogP contribution in [0.3, 0.4) is 0 Å². The van der Waals surface area contributed by atoms with Gasteiger partial charge in [-0.2, -0.15) is 8.78 Å². The fourth-order valence-corrected chi connectivity index (χ4v) is 3.88. The van der Waals surface area contributed by atoms with Crippen molar-refractivity contribution >= 4 is 46.9 Å². The van der Waals surface area contributed by atoms with E-state index in [-0.39, 0.29) is 27.4 Å². The van der Waals surface area contributed by atoms with Gasteiger partial charge < -0.3 is 10.6 Å². The van der Waals surface area contributed by atoms with Gasteiger partial charge >= 0.3 is 6.03 Å². The molecule has 0 bridgehead atoms. The smallest absolute Gasteiger partial charge is 0.323 e. The summed E-state index contributed by atoms with van der Waals surface area (Å²) in [6.07, 6.45) is 0. The predicted octanol–water partition coefficient (Wildman–Crippen LogP) is 4.20. The van der Waals surface area contributed by atoms with Crippen molar-refractivity contribution in [2.45, 2.75) is 23.1 Å². The predicted molar refractivity (Wildman–Crippen MR) is 106 cm³/mol. The molecule has 2 aromatic carbocycles. The van der Waals surface area contributed by atoms with E-state index in [0.717, 1.165) is 12.1 Å². The molecule has 1 saturated heterocycles. The highest BCUT2D eigenvalue weighted by atomic mass is 35.5. The fourth-order valence-electron chi connectivity index (χ4n) is 2.97. The SMILES string of the molecule is CC1(c2ccc(F)cc2)NC(=O)N(CC(=O)Nc2cccc(Cl)c2SC(F)F)C1=O. The third kappa shape index (κ3) is 4.39. The Hall–Kier alpha value is -2.72. The monoisotopic (exact) mass is 457 g/mol. The highest BCUT2D eigenvalue weighted by Crippen LogP contribution is 2.37. The molecule has 0 radical (unpaired) electrons. The molecular weight excluding hydrogens is 443 g/mol. The molecule has 0 spiro atoms. The van der Waals surface area contributed by atoms with Crippen molar-refractivity contribution in [2.24, 2.45) is 0 Å². The average Bonchev–Trinajstić information content (AvgIpc) is 2.89. The molecule has 6 nitrogen and oxygen atoms in total. The Labute approximate surface area is 178 Å². The Morgan fingerprint density at radius 2 is 1.90 bits per heavy atom. The second-order valence-electron chi connectivity index (χ2n) is 6.50. The van der Waals surface area contributed by atoms with Crippen molar-refractivity contribution in [3.05, 3.63) is 58.9 Å². The van der Waals surface area contributed by atoms with E-state index in [0.29, 0.717) is 10.5 Å². The van der Waals surface area contributed by atoms with E-state index in [1.165, 1.54) is 37.3 Å². The summed E-state index contributed by atoms with van der Waals surface area (Å²) in [5.74, 6) is -4.75. The summed E-state index contributed by atoms with van der Waals surface area (Å²) in [7, 11) is 0. The van der Waals surface area contributed by atoms with Gasteiger partial charge in [0.2, 0.25) is 5.91 Å². The van der Waals surface area contributed by atoms with E-state index in [2.05, 4.69) is 10.6 Å². The molecule has 2 N–H and O–H groups in total. The van der Waals surface area contributed by atoms with Crippen molar-refractivity contribution in [3.63, 3.8) is 0 Å². The second kappa shape index (κ2) is 8.57. The van der Waals surface area contributed by atoms with Crippen LogP contribution in [-0.4, -0.2) is 35.0 Å². The van der Waals surface area contributed by atoms with Crippen LogP contribution in [0.4, 0.5) is 23.7 Å². The first kappa shape index (κ1) is 22.0. The lowest BCUT2D eigenvalue weighted by atomic mass is 9.92. The van der Waals surface area contributed by atoms with E-state index in [9.17, 15) is 27.6 Å². The third-order valence-electron chi connectivity index (χ3n) is 4.45. The third-order valence-corrected chi connectivity index (χ3v) is 5.73. The van der Waals surface area contributed by atoms with E-state index < -0.39 is 41.5 Å². The van der Waals surface area contributed by atoms with Gasteiger partial charge in [-0.25, -0.2) is 9.18 Å². The number of carbonyl (C=O) groups excluding carboxylic acids is 3. The summed E-state index contributed by atoms with van der Waals surface area (Å²) < 4.78 is 38.7. The highest BCUT2D eigenvalue weighted by Gasteiger charge is 2.49. The lowest BCUT2D eigenvalue weighted by Gasteiger charge is -2.22. The van der Waals surface area contributed by atoms with Crippen LogP contribution in [0.15, 0.2) is 47.4 Å². The maximum atomic E-state index is 13.2. The first-order chi connectivity index (χ1) is 14.1. The van der Waals surface area contributed by atoms with Crippen LogP contribution in [0.5, 0.6) is 0 Å². The molecule has 2 aromatic rings. The zero-order chi connectivity index (χ0) is 22.1. The number of nitrogens with one attached hydrogen (secondary N) is 2. The van der Waals surface area contributed by atoms with Crippen molar-refractivity contribution < 1.29 is 27.6 Å². The number of amides is 4. The minimum atomic E-state index is -2.76. The first-order valence-corrected chi connectivity index (χ1v) is 9.81. The van der Waals surface area contributed by atoms with Crippen LogP contribution in [0.25, 0.3) is 0 Å². The van der Waals surface area contributed by atoms with Crippen molar-refractivity contribution in [1.29, 1.82) is 0 Å². The Morgan fingerprint density at radius 3 is 2.53 bits per heavy atom. The summed E-state index contributed by atoms with van der Waals surface area (Å²) in [5, 5.41) is 4.92. The van der Waals surface area contributed by atoms with Gasteiger partial charge in [-0.3, -0.25) is 14.5 Å². The number of imide groups is 1. The minimum Gasteiger partial charge on any atom is -0.323 e. The van der Waals surface area contributed by atoms with Gasteiger partial charge in [-0.05, 0) is 36.8 Å². The van der Waals surface area contributed by atoms with Crippen LogP contribution < -0.4 is 10.6 Å². The number of thioether (sulfide) groups is 1. The molecule has 30 heavy (non-hydrogen) atoms. The van der Waals surface area contributed by atoms with Crippen molar-refractivity contribution in [3.8, 4) is 0 Å². The van der Waals surface area contributed by atoms with Gasteiger partial charge in [0, 0.05) is 0 Å². The zero-order valence-electron chi connectivity index (χ0n) is 15.4. The summed E-state index contributed by atoms with van der Waals surface area (Å²) in [4.78, 5) is 38.2. The summed E-state index contributed by atoms with van der Waals surface area (Å²) >= 11 is 6.09. The molecule has 11 heteroatoms. The molecule has 0 aromatic heterocycles. The molecule has 158 valence electrons. The highest BCUT2D eigenvalue weighted by molar-refractivity contribution is 7.99. The number of rotatable bonds is 6. The van der Waals surface area contributed by atoms with Crippen LogP contribution in [0, 0.1) is 5.82 Å². The van der Waals surface area contributed by atoms with E-state index in [4.69, 9.17) is 11.6 Å². The maximum Gasteiger partial charge on any atom is 0.325 e. The summed E-state index contributed by atoms with van der Waals surface area (Å²) in [5.41, 5.74) is -1.10. The van der Waals surface area contributed by atoms with Gasteiger partial charge in [0.1, 0.15) is 17.9 Å². The number of halogens is 4. The van der Waals surface area contributed by atoms with Crippen LogP contribution in [-0.2, 0) is 15.1 Å². The zero-order valence-corrected chi connectivity index (χ0v) is 17.0. The summed E-state index contributed by atoms with van der Waals surface area (Å²) in [6.45, 7) is 0.791. The molecule has 1 atom stereocenters. The fraction of sp³-hybridized carbons (Fsp3) is 0.211. The number of hydrogen-bond donors (Lipinski definition) is 2. The number of carbonyl (C=O) groups is 3. The molecule has 0 aliphatic carbocycles. The summed E-state index contributed by atoms with van der Waals surface area (Å²) in [6, 6.07) is 8.44. The number of urea groups is 1. The van der Waals surface area contributed by atoms with Crippen LogP contribution in [0.2, 0.25) is 5.02 Å². The molecule has 3 rings (SSSR count). The van der Waals surface area contributed by atoms with Crippen LogP contribution >= 0.6 is 23.4 Å². The maximum absolute atomic E-state index is 13.2. The standard InChI is InChI=1S/C19H15ClF3N3O3S/c1-19(10-5-7-11(21)8-6-10)16(28)26(18(29)25-19)9-14(27)24-13-4-2-3-12(20)15(13)30-17(22)23/h2-8,17H,9H2,1H3,(H,24,27)(H,25,29). The largest absolute Gasteiger partial charge is 0.325 e. The van der Waals surface area contributed by atoms with Gasteiger partial charge in [-0.1, -0.05) is 41.6 Å². The van der Waals surface area contributed by atoms with Gasteiger partial charge in [0.05, 0.1) is 15.6 Å². The van der Waals surface area contributed by atoms with Crippen molar-refractivity contribution in [2.75, 3.05) is 11.9 Å². The minimum absolute atomic E-state index is 0.0250. The van der Waals surface area contributed by atoms with Gasteiger partial charge in [0.25, 0.3) is 11.7 Å². The number of anilines is 1. The second-order valence-corrected chi connectivity index (χ2v) is 7.90. The average molecular weight is 458 g/mol. The van der Waals surface area contributed by atoms with E-state index in [1.54, 1.807) is 0 Å². The molecule has 1 aliphatic rings. The molecular formula is C19H15ClF3N3O3S. The lowest BCUT2D eigenvalue weighted by Crippen LogP contribution is -2.42. The topological polar surface area (TPSA) is 78.5 Å². The van der Waals surface area contributed by atoms with Crippen LogP contribution in [0.1, 0.15) is 12.5 Å². The molecule has 1 aliphatic heterocycles. The molecule has 4 amide bonds. The van der Waals surface area contributed by atoms with Gasteiger partial charge in [-0.15, -0.1) is 0 Å². The lowest BCUT2D eigenvalue weighted by molar-refractivity contribution is -0.133. The first-order valence-electron chi connectivity index (χ1n) is 8.55. The number of hydrogen-bond acceptors (Lipinski definition) is 4. The molecule has 0 saturated carbocycles. The normalized spacial score (nSPS) is 18.7. The molecule has 1 fully saturated rings. The number of nitrogens with zero attached hydrogens (tertiary/aromatic N) is 1. The van der Waals surface area contributed by atoms with Crippen molar-refractivity contribution in [1.82, 2.24) is 10.2 Å². The Bertz CT molecular complexity index is 1010.